The summed E-state index contributed by atoms with van der Waals surface area (Å²) in [6.07, 6.45) is 2.89. The largest absolute Gasteiger partial charge is 0.481 e. The number of carbonyl (C=O) groups excluding carboxylic acids is 1. The fraction of sp³-hybridized carbons (Fsp3) is 0.600. The van der Waals surface area contributed by atoms with Crippen molar-refractivity contribution in [3.05, 3.63) is 23.9 Å². The number of carbonyl (C=O) groups is 1. The lowest BCUT2D eigenvalue weighted by molar-refractivity contribution is -0.123. The molecule has 1 heterocycles. The first-order chi connectivity index (χ1) is 9.99. The second kappa shape index (κ2) is 6.87. The van der Waals surface area contributed by atoms with Crippen LogP contribution in [0.25, 0.3) is 0 Å². The van der Waals surface area contributed by atoms with Crippen molar-refractivity contribution >= 4 is 5.91 Å². The number of aromatic nitrogens is 1. The molecule has 0 spiro atoms. The number of hydrogen-bond acceptors (Lipinski definition) is 5. The van der Waals surface area contributed by atoms with E-state index in [1.807, 2.05) is 25.1 Å². The van der Waals surface area contributed by atoms with Crippen LogP contribution in [0.3, 0.4) is 0 Å². The van der Waals surface area contributed by atoms with E-state index in [2.05, 4.69) is 10.3 Å². The lowest BCUT2D eigenvalue weighted by atomic mass is 9.75. The first-order valence-corrected chi connectivity index (χ1v) is 7.11. The number of rotatable bonds is 6. The number of aliphatic hydroxyl groups excluding tert-OH is 1. The van der Waals surface area contributed by atoms with Gasteiger partial charge in [0.05, 0.1) is 25.8 Å². The van der Waals surface area contributed by atoms with Gasteiger partial charge in [-0.2, -0.15) is 0 Å². The van der Waals surface area contributed by atoms with E-state index in [9.17, 15) is 9.90 Å². The third-order valence-corrected chi connectivity index (χ3v) is 3.72. The Hall–Kier alpha value is -1.66. The van der Waals surface area contributed by atoms with Gasteiger partial charge in [0, 0.05) is 12.3 Å². The lowest BCUT2D eigenvalue weighted by Gasteiger charge is -2.38. The summed E-state index contributed by atoms with van der Waals surface area (Å²) < 4.78 is 5.06. The van der Waals surface area contributed by atoms with Gasteiger partial charge < -0.3 is 20.1 Å². The van der Waals surface area contributed by atoms with Crippen LogP contribution in [0.15, 0.2) is 18.3 Å². The highest BCUT2D eigenvalue weighted by Gasteiger charge is 2.35. The normalized spacial score (nSPS) is 22.5. The Balaban J connectivity index is 2.09. The number of nitrogens with zero attached hydrogens (tertiary/aromatic N) is 2. The molecule has 0 bridgehead atoms. The standard InChI is InChI=1S/C15H23N3O3/c1-18(2)9-13(20)17-15(11-6-12(19)7-11)10-4-5-14(21-3)16-8-10/h4-5,8,11-12,15,19H,6-7,9H2,1-3H3,(H,17,20)/t11?,12?,15-/m0/s1. The molecular weight excluding hydrogens is 270 g/mol. The predicted octanol–water partition coefficient (Wildman–Crippen LogP) is 0.580. The Labute approximate surface area is 125 Å². The average molecular weight is 293 g/mol. The van der Waals surface area contributed by atoms with Gasteiger partial charge in [-0.05, 0) is 38.4 Å². The Bertz CT molecular complexity index is 470. The molecule has 1 aliphatic carbocycles. The van der Waals surface area contributed by atoms with Crippen molar-refractivity contribution in [2.24, 2.45) is 5.92 Å². The molecule has 1 aromatic rings. The maximum atomic E-state index is 12.0. The number of hydrogen-bond donors (Lipinski definition) is 2. The van der Waals surface area contributed by atoms with Gasteiger partial charge in [0.25, 0.3) is 0 Å². The van der Waals surface area contributed by atoms with Crippen molar-refractivity contribution in [3.63, 3.8) is 0 Å². The van der Waals surface area contributed by atoms with Crippen LogP contribution < -0.4 is 10.1 Å². The smallest absolute Gasteiger partial charge is 0.234 e. The molecule has 0 aliphatic heterocycles. The minimum absolute atomic E-state index is 0.0257. The number of amides is 1. The summed E-state index contributed by atoms with van der Waals surface area (Å²) in [6.45, 7) is 0.343. The number of pyridine rings is 1. The third kappa shape index (κ3) is 4.15. The molecular formula is C15H23N3O3. The summed E-state index contributed by atoms with van der Waals surface area (Å²) in [7, 11) is 5.29. The van der Waals surface area contributed by atoms with Crippen molar-refractivity contribution in [3.8, 4) is 5.88 Å². The second-order valence-electron chi connectivity index (χ2n) is 5.80. The molecule has 1 amide bonds. The topological polar surface area (TPSA) is 74.7 Å². The van der Waals surface area contributed by atoms with Crippen molar-refractivity contribution in [2.45, 2.75) is 25.0 Å². The highest BCUT2D eigenvalue weighted by molar-refractivity contribution is 5.78. The van der Waals surface area contributed by atoms with E-state index in [0.717, 1.165) is 5.56 Å². The number of likely N-dealkylation sites (N-methyl/N-ethyl adjacent to an activating group) is 1. The second-order valence-corrected chi connectivity index (χ2v) is 5.80. The monoisotopic (exact) mass is 293 g/mol. The van der Waals surface area contributed by atoms with Crippen LogP contribution in [0.4, 0.5) is 0 Å². The average Bonchev–Trinajstić information content (AvgIpc) is 2.41. The van der Waals surface area contributed by atoms with E-state index in [-0.39, 0.29) is 24.0 Å². The van der Waals surface area contributed by atoms with Crippen molar-refractivity contribution < 1.29 is 14.6 Å². The first kappa shape index (κ1) is 15.7. The lowest BCUT2D eigenvalue weighted by Crippen LogP contribution is -2.43. The number of ether oxygens (including phenoxy) is 1. The molecule has 0 unspecified atom stereocenters. The van der Waals surface area contributed by atoms with Crippen molar-refractivity contribution in [2.75, 3.05) is 27.7 Å². The zero-order valence-corrected chi connectivity index (χ0v) is 12.7. The highest BCUT2D eigenvalue weighted by Crippen LogP contribution is 2.38. The van der Waals surface area contributed by atoms with Crippen LogP contribution in [0.5, 0.6) is 5.88 Å². The molecule has 116 valence electrons. The number of methoxy groups -OCH3 is 1. The molecule has 0 radical (unpaired) electrons. The Kier molecular flexibility index (Phi) is 5.14. The molecule has 6 nitrogen and oxygen atoms in total. The van der Waals surface area contributed by atoms with Crippen LogP contribution in [0, 0.1) is 5.92 Å². The Morgan fingerprint density at radius 1 is 1.52 bits per heavy atom. The minimum Gasteiger partial charge on any atom is -0.481 e. The number of nitrogens with one attached hydrogen (secondary N) is 1. The summed E-state index contributed by atoms with van der Waals surface area (Å²) in [5.74, 6) is 0.772. The van der Waals surface area contributed by atoms with Crippen LogP contribution >= 0.6 is 0 Å². The molecule has 21 heavy (non-hydrogen) atoms. The van der Waals surface area contributed by atoms with Crippen molar-refractivity contribution in [1.82, 2.24) is 15.2 Å². The zero-order valence-electron chi connectivity index (χ0n) is 12.7. The van der Waals surface area contributed by atoms with Gasteiger partial charge >= 0.3 is 0 Å². The van der Waals surface area contributed by atoms with Gasteiger partial charge in [0.15, 0.2) is 0 Å². The Morgan fingerprint density at radius 3 is 2.71 bits per heavy atom. The summed E-state index contributed by atoms with van der Waals surface area (Å²) >= 11 is 0. The van der Waals surface area contributed by atoms with E-state index in [1.165, 1.54) is 0 Å². The van der Waals surface area contributed by atoms with Gasteiger partial charge in [0.2, 0.25) is 11.8 Å². The summed E-state index contributed by atoms with van der Waals surface area (Å²) in [4.78, 5) is 18.1. The van der Waals surface area contributed by atoms with Gasteiger partial charge in [-0.3, -0.25) is 4.79 Å². The predicted molar refractivity (Wildman–Crippen MR) is 79.0 cm³/mol. The van der Waals surface area contributed by atoms with Crippen LogP contribution in [0.2, 0.25) is 0 Å². The SMILES string of the molecule is COc1ccc([C@H](NC(=O)CN(C)C)C2CC(O)C2)cn1. The molecule has 1 aromatic heterocycles. The summed E-state index contributed by atoms with van der Waals surface area (Å²) in [6, 6.07) is 3.59. The van der Waals surface area contributed by atoms with Gasteiger partial charge in [-0.25, -0.2) is 4.98 Å². The maximum Gasteiger partial charge on any atom is 0.234 e. The van der Waals surface area contributed by atoms with E-state index >= 15 is 0 Å². The molecule has 1 saturated carbocycles. The highest BCUT2D eigenvalue weighted by atomic mass is 16.5. The van der Waals surface area contributed by atoms with Crippen LogP contribution in [-0.4, -0.2) is 54.8 Å². The molecule has 2 N–H and O–H groups in total. The molecule has 0 aromatic carbocycles. The molecule has 0 saturated heterocycles. The first-order valence-electron chi connectivity index (χ1n) is 7.11. The summed E-state index contributed by atoms with van der Waals surface area (Å²) in [5, 5.41) is 12.6. The van der Waals surface area contributed by atoms with Crippen molar-refractivity contribution in [1.29, 1.82) is 0 Å². The van der Waals surface area contributed by atoms with Gasteiger partial charge in [0.1, 0.15) is 0 Å². The molecule has 6 heteroatoms. The van der Waals surface area contributed by atoms with Crippen LogP contribution in [0.1, 0.15) is 24.4 Å². The minimum atomic E-state index is -0.255. The van der Waals surface area contributed by atoms with Gasteiger partial charge in [-0.15, -0.1) is 0 Å². The number of aliphatic hydroxyl groups is 1. The van der Waals surface area contributed by atoms with Crippen LogP contribution in [-0.2, 0) is 4.79 Å². The third-order valence-electron chi connectivity index (χ3n) is 3.72. The molecule has 1 atom stereocenters. The summed E-state index contributed by atoms with van der Waals surface area (Å²) in [5.41, 5.74) is 0.944. The van der Waals surface area contributed by atoms with Gasteiger partial charge in [-0.1, -0.05) is 6.07 Å². The fourth-order valence-corrected chi connectivity index (χ4v) is 2.58. The quantitative estimate of drug-likeness (QED) is 0.802. The maximum absolute atomic E-state index is 12.0. The Morgan fingerprint density at radius 2 is 2.24 bits per heavy atom. The molecule has 2 rings (SSSR count). The van der Waals surface area contributed by atoms with E-state index < -0.39 is 0 Å². The molecule has 1 aliphatic rings. The van der Waals surface area contributed by atoms with E-state index in [1.54, 1.807) is 19.4 Å². The fourth-order valence-electron chi connectivity index (χ4n) is 2.58. The molecule has 1 fully saturated rings. The van der Waals surface area contributed by atoms with E-state index in [4.69, 9.17) is 4.74 Å². The van der Waals surface area contributed by atoms with E-state index in [0.29, 0.717) is 25.3 Å². The zero-order chi connectivity index (χ0) is 15.4.